The van der Waals surface area contributed by atoms with Gasteiger partial charge in [0.2, 0.25) is 0 Å². The van der Waals surface area contributed by atoms with Crippen molar-refractivity contribution >= 4 is 10.9 Å². The Morgan fingerprint density at radius 2 is 2.17 bits per heavy atom. The largest absolute Gasteiger partial charge is 0.489 e. The van der Waals surface area contributed by atoms with Gasteiger partial charge in [-0.1, -0.05) is 13.0 Å². The van der Waals surface area contributed by atoms with Crippen LogP contribution in [-0.4, -0.2) is 24.2 Å². The van der Waals surface area contributed by atoms with Gasteiger partial charge in [0, 0.05) is 18.1 Å². The smallest absolute Gasteiger partial charge is 0.129 e. The van der Waals surface area contributed by atoms with Gasteiger partial charge in [-0.25, -0.2) is 0 Å². The molecule has 96 valence electrons. The first-order valence-corrected chi connectivity index (χ1v) is 6.52. The lowest BCUT2D eigenvalue weighted by Crippen LogP contribution is -2.29. The molecular weight excluding hydrogens is 224 g/mol. The molecule has 18 heavy (non-hydrogen) atoms. The van der Waals surface area contributed by atoms with Crippen LogP contribution < -0.4 is 10.1 Å². The van der Waals surface area contributed by atoms with Gasteiger partial charge in [-0.2, -0.15) is 0 Å². The van der Waals surface area contributed by atoms with Crippen LogP contribution in [0.5, 0.6) is 5.75 Å². The summed E-state index contributed by atoms with van der Waals surface area (Å²) < 4.78 is 5.97. The minimum absolute atomic E-state index is 0.155. The lowest BCUT2D eigenvalue weighted by Gasteiger charge is -2.16. The Morgan fingerprint density at radius 3 is 3.00 bits per heavy atom. The molecule has 3 heteroatoms. The number of rotatable bonds is 6. The van der Waals surface area contributed by atoms with Crippen molar-refractivity contribution in [2.75, 3.05) is 13.1 Å². The molecule has 0 saturated carbocycles. The third-order valence-corrected chi connectivity index (χ3v) is 2.79. The Kier molecular flexibility index (Phi) is 4.53. The zero-order chi connectivity index (χ0) is 12.8. The number of aromatic nitrogens is 1. The van der Waals surface area contributed by atoms with E-state index in [1.807, 2.05) is 30.3 Å². The Morgan fingerprint density at radius 1 is 1.28 bits per heavy atom. The number of fused-ring (bicyclic) bond motifs is 1. The van der Waals surface area contributed by atoms with E-state index in [-0.39, 0.29) is 6.10 Å². The Hall–Kier alpha value is -1.61. The number of hydrogen-bond donors (Lipinski definition) is 1. The molecule has 0 aliphatic rings. The highest BCUT2D eigenvalue weighted by Crippen LogP contribution is 2.24. The molecule has 0 aliphatic carbocycles. The van der Waals surface area contributed by atoms with Crippen LogP contribution in [0.3, 0.4) is 0 Å². The first-order chi connectivity index (χ1) is 8.81. The van der Waals surface area contributed by atoms with Crippen molar-refractivity contribution in [1.29, 1.82) is 0 Å². The maximum atomic E-state index is 5.97. The summed E-state index contributed by atoms with van der Waals surface area (Å²) in [6.45, 7) is 6.14. The van der Waals surface area contributed by atoms with Gasteiger partial charge >= 0.3 is 0 Å². The second-order valence-corrected chi connectivity index (χ2v) is 4.46. The predicted molar refractivity (Wildman–Crippen MR) is 75.0 cm³/mol. The van der Waals surface area contributed by atoms with E-state index in [4.69, 9.17) is 4.74 Å². The van der Waals surface area contributed by atoms with E-state index in [0.717, 1.165) is 36.2 Å². The lowest BCUT2D eigenvalue weighted by molar-refractivity contribution is 0.220. The molecule has 2 aromatic rings. The van der Waals surface area contributed by atoms with Crippen molar-refractivity contribution in [2.24, 2.45) is 0 Å². The number of hydrogen-bond acceptors (Lipinski definition) is 3. The molecule has 0 spiro atoms. The fourth-order valence-electron chi connectivity index (χ4n) is 1.92. The Balaban J connectivity index is 2.07. The molecule has 0 fully saturated rings. The molecule has 2 rings (SSSR count). The number of benzene rings is 1. The highest BCUT2D eigenvalue weighted by molar-refractivity contribution is 5.84. The van der Waals surface area contributed by atoms with E-state index in [1.54, 1.807) is 6.20 Å². The van der Waals surface area contributed by atoms with Crippen LogP contribution in [0, 0.1) is 0 Å². The summed E-state index contributed by atoms with van der Waals surface area (Å²) in [5, 5.41) is 4.43. The van der Waals surface area contributed by atoms with Crippen LogP contribution in [0.25, 0.3) is 10.9 Å². The third-order valence-electron chi connectivity index (χ3n) is 2.79. The summed E-state index contributed by atoms with van der Waals surface area (Å²) in [4.78, 5) is 4.33. The van der Waals surface area contributed by atoms with Gasteiger partial charge < -0.3 is 10.1 Å². The summed E-state index contributed by atoms with van der Waals surface area (Å²) in [7, 11) is 0. The molecule has 0 aliphatic heterocycles. The molecule has 1 aromatic heterocycles. The molecule has 1 atom stereocenters. The lowest BCUT2D eigenvalue weighted by atomic mass is 10.2. The molecule has 0 amide bonds. The van der Waals surface area contributed by atoms with Gasteiger partial charge in [0.05, 0.1) is 5.52 Å². The van der Waals surface area contributed by atoms with Crippen LogP contribution >= 0.6 is 0 Å². The average Bonchev–Trinajstić information content (AvgIpc) is 2.39. The monoisotopic (exact) mass is 244 g/mol. The number of ether oxygens (including phenoxy) is 1. The highest BCUT2D eigenvalue weighted by atomic mass is 16.5. The summed E-state index contributed by atoms with van der Waals surface area (Å²) >= 11 is 0. The molecular formula is C15H20N2O. The predicted octanol–water partition coefficient (Wildman–Crippen LogP) is 3.00. The van der Waals surface area contributed by atoms with Crippen LogP contribution in [-0.2, 0) is 0 Å². The maximum Gasteiger partial charge on any atom is 0.129 e. The van der Waals surface area contributed by atoms with E-state index in [0.29, 0.717) is 0 Å². The van der Waals surface area contributed by atoms with Crippen LogP contribution in [0.4, 0.5) is 0 Å². The van der Waals surface area contributed by atoms with Crippen molar-refractivity contribution in [3.05, 3.63) is 36.5 Å². The van der Waals surface area contributed by atoms with Gasteiger partial charge in [0.1, 0.15) is 11.9 Å². The molecule has 1 unspecified atom stereocenters. The van der Waals surface area contributed by atoms with Crippen molar-refractivity contribution in [3.8, 4) is 5.75 Å². The van der Waals surface area contributed by atoms with Crippen LogP contribution in [0.1, 0.15) is 20.3 Å². The quantitative estimate of drug-likeness (QED) is 0.793. The molecule has 1 aromatic carbocycles. The molecule has 0 bridgehead atoms. The van der Waals surface area contributed by atoms with Gasteiger partial charge in [-0.05, 0) is 44.2 Å². The van der Waals surface area contributed by atoms with Crippen LogP contribution in [0.2, 0.25) is 0 Å². The Labute approximate surface area is 108 Å². The van der Waals surface area contributed by atoms with Gasteiger partial charge in [0.25, 0.3) is 0 Å². The van der Waals surface area contributed by atoms with E-state index < -0.39 is 0 Å². The summed E-state index contributed by atoms with van der Waals surface area (Å²) in [5.74, 6) is 0.909. The third kappa shape index (κ3) is 3.20. The normalized spacial score (nSPS) is 12.6. The fraction of sp³-hybridized carbons (Fsp3) is 0.400. The standard InChI is InChI=1S/C15H20N2O/c1-3-9-16-11-12(2)18-15-8-4-7-14-13(15)6-5-10-17-14/h4-8,10,12,16H,3,9,11H2,1-2H3. The van der Waals surface area contributed by atoms with Crippen molar-refractivity contribution in [3.63, 3.8) is 0 Å². The number of nitrogens with one attached hydrogen (secondary N) is 1. The zero-order valence-corrected chi connectivity index (χ0v) is 11.0. The highest BCUT2D eigenvalue weighted by Gasteiger charge is 2.06. The van der Waals surface area contributed by atoms with E-state index >= 15 is 0 Å². The summed E-state index contributed by atoms with van der Waals surface area (Å²) in [5.41, 5.74) is 0.976. The summed E-state index contributed by atoms with van der Waals surface area (Å²) in [6, 6.07) is 9.97. The van der Waals surface area contributed by atoms with Gasteiger partial charge in [0.15, 0.2) is 0 Å². The average molecular weight is 244 g/mol. The van der Waals surface area contributed by atoms with Gasteiger partial charge in [-0.3, -0.25) is 4.98 Å². The molecule has 0 radical (unpaired) electrons. The molecule has 0 saturated heterocycles. The maximum absolute atomic E-state index is 5.97. The van der Waals surface area contributed by atoms with Gasteiger partial charge in [-0.15, -0.1) is 0 Å². The van der Waals surface area contributed by atoms with E-state index in [1.165, 1.54) is 0 Å². The SMILES string of the molecule is CCCNCC(C)Oc1cccc2ncccc12. The molecule has 1 heterocycles. The minimum atomic E-state index is 0.155. The second-order valence-electron chi connectivity index (χ2n) is 4.46. The fourth-order valence-corrected chi connectivity index (χ4v) is 1.92. The molecule has 1 N–H and O–H groups in total. The van der Waals surface area contributed by atoms with Crippen molar-refractivity contribution in [1.82, 2.24) is 10.3 Å². The van der Waals surface area contributed by atoms with E-state index in [9.17, 15) is 0 Å². The van der Waals surface area contributed by atoms with Crippen LogP contribution in [0.15, 0.2) is 36.5 Å². The first kappa shape index (κ1) is 12.8. The topological polar surface area (TPSA) is 34.1 Å². The molecule has 3 nitrogen and oxygen atoms in total. The van der Waals surface area contributed by atoms with E-state index in [2.05, 4.69) is 24.1 Å². The minimum Gasteiger partial charge on any atom is -0.489 e. The Bertz CT molecular complexity index is 493. The van der Waals surface area contributed by atoms with Crippen molar-refractivity contribution in [2.45, 2.75) is 26.4 Å². The number of nitrogens with zero attached hydrogens (tertiary/aromatic N) is 1. The second kappa shape index (κ2) is 6.36. The zero-order valence-electron chi connectivity index (χ0n) is 11.0. The first-order valence-electron chi connectivity index (χ1n) is 6.52. The summed E-state index contributed by atoms with van der Waals surface area (Å²) in [6.07, 6.45) is 3.10. The van der Waals surface area contributed by atoms with Crippen molar-refractivity contribution < 1.29 is 4.74 Å². The number of pyridine rings is 1.